The Morgan fingerprint density at radius 2 is 0.947 bits per heavy atom. The summed E-state index contributed by atoms with van der Waals surface area (Å²) in [6, 6.07) is 40.8. The Hall–Kier alpha value is -4.80. The normalized spacial score (nSPS) is 11.3. The van der Waals surface area contributed by atoms with Gasteiger partial charge in [0.2, 0.25) is 5.28 Å². The summed E-state index contributed by atoms with van der Waals surface area (Å²) in [6.45, 7) is 0. The third-order valence-electron chi connectivity index (χ3n) is 6.71. The molecule has 38 heavy (non-hydrogen) atoms. The van der Waals surface area contributed by atoms with Crippen LogP contribution < -0.4 is 0 Å². The average Bonchev–Trinajstić information content (AvgIpc) is 3.37. The van der Waals surface area contributed by atoms with E-state index in [-0.39, 0.29) is 5.28 Å². The molecular formula is C33H20ClN3O. The molecule has 0 aliphatic rings. The number of aromatic nitrogens is 3. The molecule has 0 radical (unpaired) electrons. The van der Waals surface area contributed by atoms with Crippen molar-refractivity contribution in [2.45, 2.75) is 0 Å². The maximum Gasteiger partial charge on any atom is 0.226 e. The van der Waals surface area contributed by atoms with Crippen LogP contribution in [-0.4, -0.2) is 15.0 Å². The molecule has 0 unspecified atom stereocenters. The lowest BCUT2D eigenvalue weighted by atomic mass is 9.97. The lowest BCUT2D eigenvalue weighted by molar-refractivity contribution is 0.669. The monoisotopic (exact) mass is 509 g/mol. The van der Waals surface area contributed by atoms with E-state index >= 15 is 0 Å². The molecule has 0 spiro atoms. The van der Waals surface area contributed by atoms with Crippen LogP contribution >= 0.6 is 11.6 Å². The van der Waals surface area contributed by atoms with Gasteiger partial charge in [0, 0.05) is 21.9 Å². The van der Waals surface area contributed by atoms with Crippen LogP contribution in [0, 0.1) is 0 Å². The molecule has 2 heterocycles. The molecule has 2 aromatic heterocycles. The SMILES string of the molecule is Clc1nc(-c2ccc(-c3ccccc3)cc2)nc(-c2cccc3oc4cccc(-c5ccccc5)c4c23)n1. The highest BCUT2D eigenvalue weighted by Crippen LogP contribution is 2.41. The lowest BCUT2D eigenvalue weighted by Crippen LogP contribution is -1.97. The van der Waals surface area contributed by atoms with E-state index in [9.17, 15) is 0 Å². The van der Waals surface area contributed by atoms with Gasteiger partial charge in [-0.25, -0.2) is 4.98 Å². The Morgan fingerprint density at radius 1 is 0.421 bits per heavy atom. The maximum absolute atomic E-state index is 6.46. The highest BCUT2D eigenvalue weighted by molar-refractivity contribution is 6.28. The van der Waals surface area contributed by atoms with Crippen molar-refractivity contribution in [1.29, 1.82) is 0 Å². The molecule has 5 aromatic carbocycles. The Kier molecular flexibility index (Phi) is 5.46. The van der Waals surface area contributed by atoms with Crippen LogP contribution in [0.1, 0.15) is 0 Å². The van der Waals surface area contributed by atoms with Gasteiger partial charge in [0.25, 0.3) is 0 Å². The van der Waals surface area contributed by atoms with E-state index in [0.29, 0.717) is 11.6 Å². The number of hydrogen-bond acceptors (Lipinski definition) is 4. The topological polar surface area (TPSA) is 51.8 Å². The minimum absolute atomic E-state index is 0.144. The van der Waals surface area contributed by atoms with E-state index in [4.69, 9.17) is 21.0 Å². The summed E-state index contributed by atoms with van der Waals surface area (Å²) in [5.41, 5.74) is 7.77. The highest BCUT2D eigenvalue weighted by Gasteiger charge is 2.19. The summed E-state index contributed by atoms with van der Waals surface area (Å²) < 4.78 is 6.27. The Labute approximate surface area is 224 Å². The van der Waals surface area contributed by atoms with Gasteiger partial charge in [0.1, 0.15) is 11.2 Å². The first-order chi connectivity index (χ1) is 18.7. The Morgan fingerprint density at radius 3 is 1.63 bits per heavy atom. The summed E-state index contributed by atoms with van der Waals surface area (Å²) in [7, 11) is 0. The van der Waals surface area contributed by atoms with Crippen molar-refractivity contribution in [3.63, 3.8) is 0 Å². The van der Waals surface area contributed by atoms with Crippen molar-refractivity contribution in [3.05, 3.63) is 127 Å². The number of benzene rings is 5. The molecule has 0 amide bonds. The first-order valence-electron chi connectivity index (χ1n) is 12.3. The van der Waals surface area contributed by atoms with Crippen molar-refractivity contribution in [2.75, 3.05) is 0 Å². The molecule has 0 saturated heterocycles. The number of fused-ring (bicyclic) bond motifs is 3. The molecule has 7 rings (SSSR count). The minimum atomic E-state index is 0.144. The summed E-state index contributed by atoms with van der Waals surface area (Å²) in [5, 5.41) is 2.12. The van der Waals surface area contributed by atoms with Gasteiger partial charge >= 0.3 is 0 Å². The quantitative estimate of drug-likeness (QED) is 0.237. The summed E-state index contributed by atoms with van der Waals surface area (Å²) in [6.07, 6.45) is 0. The molecule has 0 saturated carbocycles. The first-order valence-corrected chi connectivity index (χ1v) is 12.7. The lowest BCUT2D eigenvalue weighted by Gasteiger charge is -2.08. The molecule has 7 aromatic rings. The second-order valence-corrected chi connectivity index (χ2v) is 9.36. The van der Waals surface area contributed by atoms with E-state index in [1.54, 1.807) is 0 Å². The maximum atomic E-state index is 6.46. The van der Waals surface area contributed by atoms with Crippen LogP contribution in [0.25, 0.3) is 67.0 Å². The molecule has 0 aliphatic heterocycles. The number of furan rings is 1. The molecular weight excluding hydrogens is 490 g/mol. The summed E-state index contributed by atoms with van der Waals surface area (Å²) in [4.78, 5) is 13.8. The number of halogens is 1. The van der Waals surface area contributed by atoms with Crippen molar-refractivity contribution in [2.24, 2.45) is 0 Å². The van der Waals surface area contributed by atoms with Gasteiger partial charge in [-0.1, -0.05) is 109 Å². The molecule has 0 bridgehead atoms. The zero-order valence-electron chi connectivity index (χ0n) is 20.2. The zero-order chi connectivity index (χ0) is 25.5. The molecule has 0 N–H and O–H groups in total. The van der Waals surface area contributed by atoms with E-state index in [2.05, 4.69) is 52.4 Å². The second-order valence-electron chi connectivity index (χ2n) is 9.02. The standard InChI is InChI=1S/C33H20ClN3O/c34-33-36-31(24-19-17-22(18-20-24)21-9-3-1-4-10-21)35-32(37-33)26-14-8-16-28-30(26)29-25(13-7-15-27(29)38-28)23-11-5-2-6-12-23/h1-20H. The predicted molar refractivity (Wildman–Crippen MR) is 154 cm³/mol. The second kappa shape index (κ2) is 9.25. The third kappa shape index (κ3) is 3.92. The predicted octanol–water partition coefficient (Wildman–Crippen LogP) is 9.09. The van der Waals surface area contributed by atoms with E-state index in [1.165, 1.54) is 0 Å². The number of nitrogens with zero attached hydrogens (tertiary/aromatic N) is 3. The van der Waals surface area contributed by atoms with E-state index < -0.39 is 0 Å². The fraction of sp³-hybridized carbons (Fsp3) is 0. The van der Waals surface area contributed by atoms with Crippen LogP contribution in [0.15, 0.2) is 126 Å². The Bertz CT molecular complexity index is 1910. The number of rotatable bonds is 4. The van der Waals surface area contributed by atoms with Gasteiger partial charge in [0.05, 0.1) is 0 Å². The van der Waals surface area contributed by atoms with Gasteiger partial charge in [-0.3, -0.25) is 0 Å². The van der Waals surface area contributed by atoms with Crippen LogP contribution in [0.3, 0.4) is 0 Å². The van der Waals surface area contributed by atoms with Crippen LogP contribution in [-0.2, 0) is 0 Å². The van der Waals surface area contributed by atoms with Crippen molar-refractivity contribution < 1.29 is 4.42 Å². The zero-order valence-corrected chi connectivity index (χ0v) is 20.9. The summed E-state index contributed by atoms with van der Waals surface area (Å²) in [5.74, 6) is 1.02. The fourth-order valence-corrected chi connectivity index (χ4v) is 5.11. The third-order valence-corrected chi connectivity index (χ3v) is 6.88. The van der Waals surface area contributed by atoms with E-state index in [0.717, 1.165) is 55.3 Å². The van der Waals surface area contributed by atoms with Crippen LogP contribution in [0.4, 0.5) is 0 Å². The molecule has 0 fully saturated rings. The highest BCUT2D eigenvalue weighted by atomic mass is 35.5. The molecule has 4 nitrogen and oxygen atoms in total. The van der Waals surface area contributed by atoms with Gasteiger partial charge in [-0.15, -0.1) is 0 Å². The van der Waals surface area contributed by atoms with E-state index in [1.807, 2.05) is 78.9 Å². The van der Waals surface area contributed by atoms with Gasteiger partial charge in [0.15, 0.2) is 11.6 Å². The summed E-state index contributed by atoms with van der Waals surface area (Å²) >= 11 is 6.46. The minimum Gasteiger partial charge on any atom is -0.456 e. The molecule has 5 heteroatoms. The molecule has 0 atom stereocenters. The van der Waals surface area contributed by atoms with Gasteiger partial charge < -0.3 is 4.42 Å². The molecule has 180 valence electrons. The smallest absolute Gasteiger partial charge is 0.226 e. The fourth-order valence-electron chi connectivity index (χ4n) is 4.95. The Balaban J connectivity index is 1.39. The van der Waals surface area contributed by atoms with Crippen LogP contribution in [0.5, 0.6) is 0 Å². The van der Waals surface area contributed by atoms with Gasteiger partial charge in [-0.05, 0) is 46.0 Å². The van der Waals surface area contributed by atoms with Crippen LogP contribution in [0.2, 0.25) is 5.28 Å². The van der Waals surface area contributed by atoms with Crippen molar-refractivity contribution in [1.82, 2.24) is 15.0 Å². The largest absolute Gasteiger partial charge is 0.456 e. The molecule has 0 aliphatic carbocycles. The van der Waals surface area contributed by atoms with Crippen molar-refractivity contribution in [3.8, 4) is 45.0 Å². The first kappa shape index (κ1) is 22.4. The van der Waals surface area contributed by atoms with Gasteiger partial charge in [-0.2, -0.15) is 9.97 Å². The van der Waals surface area contributed by atoms with Crippen molar-refractivity contribution >= 4 is 33.5 Å². The number of hydrogen-bond donors (Lipinski definition) is 0. The average molecular weight is 510 g/mol.